The summed E-state index contributed by atoms with van der Waals surface area (Å²) >= 11 is 1.41. The highest BCUT2D eigenvalue weighted by atomic mass is 32.2. The normalized spacial score (nSPS) is 10.8. The van der Waals surface area contributed by atoms with Gasteiger partial charge in [0.25, 0.3) is 0 Å². The van der Waals surface area contributed by atoms with E-state index in [0.717, 1.165) is 4.90 Å². The number of H-pyrrole nitrogens is 1. The lowest BCUT2D eigenvalue weighted by Gasteiger charge is -2.04. The van der Waals surface area contributed by atoms with Crippen LogP contribution in [0.15, 0.2) is 58.3 Å². The van der Waals surface area contributed by atoms with Crippen molar-refractivity contribution in [2.24, 2.45) is 0 Å². The number of ether oxygens (including phenoxy) is 1. The Morgan fingerprint density at radius 3 is 2.73 bits per heavy atom. The van der Waals surface area contributed by atoms with Crippen molar-refractivity contribution in [3.63, 3.8) is 0 Å². The molecule has 0 radical (unpaired) electrons. The molecule has 2 aromatic carbocycles. The van der Waals surface area contributed by atoms with Crippen LogP contribution in [0.4, 0.5) is 4.39 Å². The first-order valence-electron chi connectivity index (χ1n) is 6.90. The van der Waals surface area contributed by atoms with Crippen molar-refractivity contribution in [2.45, 2.75) is 16.7 Å². The number of carbonyl (C=O) groups excluding carboxylic acids is 1. The van der Waals surface area contributed by atoms with Gasteiger partial charge in [0.1, 0.15) is 11.5 Å². The Balaban J connectivity index is 2.13. The van der Waals surface area contributed by atoms with Crippen molar-refractivity contribution in [1.82, 2.24) is 4.98 Å². The van der Waals surface area contributed by atoms with Crippen LogP contribution < -0.4 is 0 Å². The smallest absolute Gasteiger partial charge is 0.355 e. The van der Waals surface area contributed by atoms with Crippen molar-refractivity contribution >= 4 is 28.6 Å². The zero-order chi connectivity index (χ0) is 15.5. The number of halogens is 1. The van der Waals surface area contributed by atoms with Crippen LogP contribution in [0.1, 0.15) is 17.4 Å². The van der Waals surface area contributed by atoms with Crippen LogP contribution in [0.25, 0.3) is 10.9 Å². The van der Waals surface area contributed by atoms with E-state index in [9.17, 15) is 9.18 Å². The molecular formula is C17H14FNO2S. The number of rotatable bonds is 4. The highest BCUT2D eigenvalue weighted by Crippen LogP contribution is 2.37. The van der Waals surface area contributed by atoms with Crippen LogP contribution in [0.3, 0.4) is 0 Å². The van der Waals surface area contributed by atoms with E-state index in [2.05, 4.69) is 4.98 Å². The third-order valence-corrected chi connectivity index (χ3v) is 4.29. The molecule has 0 fully saturated rings. The Kier molecular flexibility index (Phi) is 4.15. The average molecular weight is 315 g/mol. The van der Waals surface area contributed by atoms with E-state index in [1.807, 2.05) is 30.3 Å². The van der Waals surface area contributed by atoms with Crippen LogP contribution in [0, 0.1) is 5.82 Å². The van der Waals surface area contributed by atoms with Gasteiger partial charge in [-0.1, -0.05) is 30.0 Å². The summed E-state index contributed by atoms with van der Waals surface area (Å²) in [6.45, 7) is 2.04. The lowest BCUT2D eigenvalue weighted by molar-refractivity contribution is 0.0516. The van der Waals surface area contributed by atoms with Crippen LogP contribution in [0.5, 0.6) is 0 Å². The molecule has 3 rings (SSSR count). The zero-order valence-electron chi connectivity index (χ0n) is 11.9. The molecule has 1 N–H and O–H groups in total. The predicted molar refractivity (Wildman–Crippen MR) is 84.8 cm³/mol. The molecule has 5 heteroatoms. The van der Waals surface area contributed by atoms with Gasteiger partial charge >= 0.3 is 5.97 Å². The van der Waals surface area contributed by atoms with Gasteiger partial charge in [0.05, 0.1) is 11.5 Å². The lowest BCUT2D eigenvalue weighted by atomic mass is 10.2. The highest BCUT2D eigenvalue weighted by molar-refractivity contribution is 7.99. The van der Waals surface area contributed by atoms with Crippen molar-refractivity contribution in [2.75, 3.05) is 6.61 Å². The Bertz CT molecular complexity index is 814. The summed E-state index contributed by atoms with van der Waals surface area (Å²) in [6.07, 6.45) is 0. The van der Waals surface area contributed by atoms with Crippen LogP contribution >= 0.6 is 11.8 Å². The molecule has 0 saturated carbocycles. The fraction of sp³-hybridized carbons (Fsp3) is 0.118. The van der Waals surface area contributed by atoms with E-state index >= 15 is 0 Å². The molecule has 3 aromatic rings. The highest BCUT2D eigenvalue weighted by Gasteiger charge is 2.20. The SMILES string of the molecule is CCOC(=O)c1[nH]c2ccc(F)cc2c1Sc1ccccc1. The van der Waals surface area contributed by atoms with E-state index in [1.165, 1.54) is 23.9 Å². The van der Waals surface area contributed by atoms with Gasteiger partial charge in [0.15, 0.2) is 0 Å². The molecule has 0 atom stereocenters. The summed E-state index contributed by atoms with van der Waals surface area (Å²) in [4.78, 5) is 16.8. The topological polar surface area (TPSA) is 42.1 Å². The van der Waals surface area contributed by atoms with Crippen LogP contribution in [-0.4, -0.2) is 17.6 Å². The molecular weight excluding hydrogens is 301 g/mol. The fourth-order valence-corrected chi connectivity index (χ4v) is 3.24. The predicted octanol–water partition coefficient (Wildman–Crippen LogP) is 4.63. The minimum atomic E-state index is -0.433. The summed E-state index contributed by atoms with van der Waals surface area (Å²) in [5, 5.41) is 0.678. The summed E-state index contributed by atoms with van der Waals surface area (Å²) < 4.78 is 18.7. The molecule has 0 spiro atoms. The summed E-state index contributed by atoms with van der Waals surface area (Å²) in [5.74, 6) is -0.769. The first kappa shape index (κ1) is 14.7. The molecule has 0 aliphatic rings. The molecule has 0 aliphatic carbocycles. The number of benzene rings is 2. The maximum atomic E-state index is 13.6. The Hall–Kier alpha value is -2.27. The minimum absolute atomic E-state index is 0.290. The average Bonchev–Trinajstić information content (AvgIpc) is 2.87. The third kappa shape index (κ3) is 2.85. The van der Waals surface area contributed by atoms with Crippen molar-refractivity contribution in [1.29, 1.82) is 0 Å². The molecule has 0 bridgehead atoms. The maximum absolute atomic E-state index is 13.6. The molecule has 22 heavy (non-hydrogen) atoms. The van der Waals surface area contributed by atoms with Gasteiger partial charge in [-0.3, -0.25) is 0 Å². The second-order valence-electron chi connectivity index (χ2n) is 4.65. The largest absolute Gasteiger partial charge is 0.461 e. The van der Waals surface area contributed by atoms with Crippen LogP contribution in [-0.2, 0) is 4.74 Å². The van der Waals surface area contributed by atoms with E-state index in [4.69, 9.17) is 4.74 Å². The van der Waals surface area contributed by atoms with E-state index in [1.54, 1.807) is 13.0 Å². The number of nitrogens with one attached hydrogen (secondary N) is 1. The molecule has 1 heterocycles. The van der Waals surface area contributed by atoms with Gasteiger partial charge in [0.2, 0.25) is 0 Å². The molecule has 0 unspecified atom stereocenters. The van der Waals surface area contributed by atoms with Gasteiger partial charge in [0, 0.05) is 15.8 Å². The van der Waals surface area contributed by atoms with Gasteiger partial charge in [-0.15, -0.1) is 0 Å². The van der Waals surface area contributed by atoms with E-state index < -0.39 is 5.97 Å². The van der Waals surface area contributed by atoms with Gasteiger partial charge < -0.3 is 9.72 Å². The summed E-state index contributed by atoms with van der Waals surface area (Å²) in [7, 11) is 0. The second kappa shape index (κ2) is 6.23. The van der Waals surface area contributed by atoms with Crippen molar-refractivity contribution in [3.8, 4) is 0 Å². The number of carbonyl (C=O) groups is 1. The number of esters is 1. The van der Waals surface area contributed by atoms with Gasteiger partial charge in [-0.2, -0.15) is 0 Å². The number of hydrogen-bond acceptors (Lipinski definition) is 3. The molecule has 3 nitrogen and oxygen atoms in total. The van der Waals surface area contributed by atoms with Gasteiger partial charge in [-0.05, 0) is 37.3 Å². The van der Waals surface area contributed by atoms with Gasteiger partial charge in [-0.25, -0.2) is 9.18 Å². The first-order valence-corrected chi connectivity index (χ1v) is 7.72. The molecule has 0 aliphatic heterocycles. The Labute approximate surface area is 131 Å². The Morgan fingerprint density at radius 2 is 2.00 bits per heavy atom. The first-order chi connectivity index (χ1) is 10.7. The number of aromatic nitrogens is 1. The summed E-state index contributed by atoms with van der Waals surface area (Å²) in [6, 6.07) is 14.1. The van der Waals surface area contributed by atoms with Crippen LogP contribution in [0.2, 0.25) is 0 Å². The zero-order valence-corrected chi connectivity index (χ0v) is 12.7. The monoisotopic (exact) mass is 315 g/mol. The molecule has 1 aromatic heterocycles. The fourth-order valence-electron chi connectivity index (χ4n) is 2.20. The molecule has 0 saturated heterocycles. The number of hydrogen-bond donors (Lipinski definition) is 1. The van der Waals surface area contributed by atoms with E-state index in [-0.39, 0.29) is 12.4 Å². The maximum Gasteiger partial charge on any atom is 0.355 e. The van der Waals surface area contributed by atoms with Crippen molar-refractivity contribution < 1.29 is 13.9 Å². The standard InChI is InChI=1S/C17H14FNO2S/c1-2-21-17(20)15-16(22-12-6-4-3-5-7-12)13-10-11(18)8-9-14(13)19-15/h3-10,19H,2H2,1H3. The van der Waals surface area contributed by atoms with E-state index in [0.29, 0.717) is 21.5 Å². The third-order valence-electron chi connectivity index (χ3n) is 3.16. The molecule has 0 amide bonds. The Morgan fingerprint density at radius 1 is 1.23 bits per heavy atom. The minimum Gasteiger partial charge on any atom is -0.461 e. The number of aromatic amines is 1. The quantitative estimate of drug-likeness (QED) is 0.713. The summed E-state index contributed by atoms with van der Waals surface area (Å²) in [5.41, 5.74) is 1.07. The molecule has 112 valence electrons. The second-order valence-corrected chi connectivity index (χ2v) is 5.74. The lowest BCUT2D eigenvalue weighted by Crippen LogP contribution is -2.06. The number of fused-ring (bicyclic) bond motifs is 1. The van der Waals surface area contributed by atoms with Crippen molar-refractivity contribution in [3.05, 3.63) is 60.0 Å².